The molecule has 1 N–H and O–H groups in total. The second kappa shape index (κ2) is 5.24. The third-order valence-corrected chi connectivity index (χ3v) is 4.53. The van der Waals surface area contributed by atoms with Crippen LogP contribution < -0.4 is 5.32 Å². The van der Waals surface area contributed by atoms with E-state index in [0.717, 1.165) is 18.4 Å². The molecule has 0 aromatic rings. The molecule has 1 heterocycles. The average molecular weight is 226 g/mol. The van der Waals surface area contributed by atoms with Gasteiger partial charge in [-0.25, -0.2) is 0 Å². The van der Waals surface area contributed by atoms with Crippen LogP contribution in [0.1, 0.15) is 39.5 Å². The first-order valence-corrected chi connectivity index (χ1v) is 7.18. The molecule has 0 aromatic heterocycles. The van der Waals surface area contributed by atoms with Crippen LogP contribution in [0, 0.1) is 11.8 Å². The summed E-state index contributed by atoms with van der Waals surface area (Å²) in [5.74, 6) is 2.79. The number of hydrogen-bond donors (Lipinski definition) is 1. The van der Waals surface area contributed by atoms with Crippen LogP contribution in [0.15, 0.2) is 4.99 Å². The lowest BCUT2D eigenvalue weighted by Gasteiger charge is -2.13. The van der Waals surface area contributed by atoms with Gasteiger partial charge >= 0.3 is 0 Å². The molecule has 1 aliphatic carbocycles. The number of hydrogen-bond acceptors (Lipinski definition) is 2. The van der Waals surface area contributed by atoms with Crippen molar-refractivity contribution < 1.29 is 0 Å². The minimum absolute atomic E-state index is 0.636. The molecule has 1 saturated carbocycles. The Bertz CT molecular complexity index is 232. The monoisotopic (exact) mass is 226 g/mol. The molecule has 1 saturated heterocycles. The van der Waals surface area contributed by atoms with Crippen molar-refractivity contribution in [2.45, 2.75) is 45.6 Å². The van der Waals surface area contributed by atoms with Gasteiger partial charge in [-0.2, -0.15) is 0 Å². The van der Waals surface area contributed by atoms with Gasteiger partial charge in [-0.15, -0.1) is 0 Å². The van der Waals surface area contributed by atoms with Crippen molar-refractivity contribution in [2.75, 3.05) is 12.3 Å². The van der Waals surface area contributed by atoms with Crippen molar-refractivity contribution in [1.82, 2.24) is 5.32 Å². The van der Waals surface area contributed by atoms with Crippen LogP contribution in [0.3, 0.4) is 0 Å². The van der Waals surface area contributed by atoms with Gasteiger partial charge in [-0.05, 0) is 24.7 Å². The van der Waals surface area contributed by atoms with E-state index in [9.17, 15) is 0 Å². The summed E-state index contributed by atoms with van der Waals surface area (Å²) in [5, 5.41) is 4.72. The fourth-order valence-corrected chi connectivity index (χ4v) is 3.47. The van der Waals surface area contributed by atoms with Gasteiger partial charge in [-0.3, -0.25) is 4.99 Å². The van der Waals surface area contributed by atoms with Crippen molar-refractivity contribution in [1.29, 1.82) is 0 Å². The van der Waals surface area contributed by atoms with Crippen molar-refractivity contribution in [2.24, 2.45) is 16.8 Å². The zero-order valence-corrected chi connectivity index (χ0v) is 10.6. The van der Waals surface area contributed by atoms with Crippen LogP contribution in [0.2, 0.25) is 0 Å². The Balaban J connectivity index is 1.77. The largest absolute Gasteiger partial charge is 0.361 e. The summed E-state index contributed by atoms with van der Waals surface area (Å²) in [6, 6.07) is 0.636. The van der Waals surface area contributed by atoms with Gasteiger partial charge in [-0.1, -0.05) is 38.5 Å². The normalized spacial score (nSPS) is 30.3. The molecule has 1 atom stereocenters. The first-order chi connectivity index (χ1) is 7.25. The lowest BCUT2D eigenvalue weighted by Crippen LogP contribution is -2.31. The molecule has 0 amide bonds. The number of aliphatic imine (C=N–C) groups is 1. The van der Waals surface area contributed by atoms with E-state index < -0.39 is 0 Å². The average Bonchev–Trinajstić information content (AvgIpc) is 2.86. The Morgan fingerprint density at radius 2 is 2.13 bits per heavy atom. The summed E-state index contributed by atoms with van der Waals surface area (Å²) in [6.45, 7) is 5.61. The topological polar surface area (TPSA) is 24.4 Å². The van der Waals surface area contributed by atoms with Crippen molar-refractivity contribution >= 4 is 16.9 Å². The molecule has 15 heavy (non-hydrogen) atoms. The summed E-state index contributed by atoms with van der Waals surface area (Å²) in [4.78, 5) is 4.71. The Morgan fingerprint density at radius 3 is 2.73 bits per heavy atom. The van der Waals surface area contributed by atoms with E-state index in [0.29, 0.717) is 6.04 Å². The van der Waals surface area contributed by atoms with Crippen LogP contribution >= 0.6 is 11.8 Å². The van der Waals surface area contributed by atoms with Crippen molar-refractivity contribution in [3.8, 4) is 0 Å². The first-order valence-electron chi connectivity index (χ1n) is 6.19. The lowest BCUT2D eigenvalue weighted by molar-refractivity contribution is 0.501. The lowest BCUT2D eigenvalue weighted by atomic mass is 10.1. The van der Waals surface area contributed by atoms with Crippen molar-refractivity contribution in [3.05, 3.63) is 0 Å². The zero-order valence-electron chi connectivity index (χ0n) is 9.83. The molecule has 0 radical (unpaired) electrons. The summed E-state index contributed by atoms with van der Waals surface area (Å²) in [5.41, 5.74) is 0. The highest BCUT2D eigenvalue weighted by atomic mass is 32.2. The SMILES string of the molecule is CC(C)C1CSC(=NCC2CCCC2)N1. The highest BCUT2D eigenvalue weighted by molar-refractivity contribution is 8.14. The molecule has 2 nitrogen and oxygen atoms in total. The van der Waals surface area contributed by atoms with E-state index >= 15 is 0 Å². The molecule has 2 rings (SSSR count). The number of nitrogens with zero attached hydrogens (tertiary/aromatic N) is 1. The fourth-order valence-electron chi connectivity index (χ4n) is 2.27. The van der Waals surface area contributed by atoms with Gasteiger partial charge in [0, 0.05) is 18.3 Å². The van der Waals surface area contributed by atoms with E-state index in [1.165, 1.54) is 36.6 Å². The maximum absolute atomic E-state index is 4.71. The van der Waals surface area contributed by atoms with E-state index in [4.69, 9.17) is 4.99 Å². The zero-order chi connectivity index (χ0) is 10.7. The Kier molecular flexibility index (Phi) is 3.95. The van der Waals surface area contributed by atoms with E-state index in [-0.39, 0.29) is 0 Å². The van der Waals surface area contributed by atoms with Gasteiger partial charge in [0.05, 0.1) is 0 Å². The molecule has 3 heteroatoms. The molecular formula is C12H22N2S. The summed E-state index contributed by atoms with van der Waals surface area (Å²) >= 11 is 1.90. The van der Waals surface area contributed by atoms with Gasteiger partial charge in [0.25, 0.3) is 0 Å². The standard InChI is InChI=1S/C12H22N2S/c1-9(2)11-8-15-12(14-11)13-7-10-5-3-4-6-10/h9-11H,3-8H2,1-2H3,(H,13,14). The minimum Gasteiger partial charge on any atom is -0.361 e. The maximum atomic E-state index is 4.71. The van der Waals surface area contributed by atoms with E-state index in [2.05, 4.69) is 19.2 Å². The molecule has 2 aliphatic rings. The summed E-state index contributed by atoms with van der Waals surface area (Å²) in [7, 11) is 0. The highest BCUT2D eigenvalue weighted by Crippen LogP contribution is 2.26. The number of nitrogens with one attached hydrogen (secondary N) is 1. The predicted molar refractivity (Wildman–Crippen MR) is 68.5 cm³/mol. The highest BCUT2D eigenvalue weighted by Gasteiger charge is 2.23. The minimum atomic E-state index is 0.636. The second-order valence-corrected chi connectivity index (χ2v) is 6.11. The van der Waals surface area contributed by atoms with E-state index in [1.54, 1.807) is 0 Å². The quantitative estimate of drug-likeness (QED) is 0.800. The van der Waals surface area contributed by atoms with Gasteiger partial charge in [0.2, 0.25) is 0 Å². The molecule has 0 spiro atoms. The Morgan fingerprint density at radius 1 is 1.40 bits per heavy atom. The molecule has 86 valence electrons. The Hall–Kier alpha value is -0.180. The maximum Gasteiger partial charge on any atom is 0.156 e. The molecule has 0 bridgehead atoms. The van der Waals surface area contributed by atoms with Crippen LogP contribution in [0.5, 0.6) is 0 Å². The predicted octanol–water partition coefficient (Wildman–Crippen LogP) is 2.89. The van der Waals surface area contributed by atoms with Gasteiger partial charge in [0.1, 0.15) is 0 Å². The number of thioether (sulfide) groups is 1. The van der Waals surface area contributed by atoms with Crippen LogP contribution in [-0.4, -0.2) is 23.5 Å². The van der Waals surface area contributed by atoms with Crippen LogP contribution in [-0.2, 0) is 0 Å². The third-order valence-electron chi connectivity index (χ3n) is 3.48. The molecule has 0 aromatic carbocycles. The van der Waals surface area contributed by atoms with Crippen LogP contribution in [0.4, 0.5) is 0 Å². The van der Waals surface area contributed by atoms with Gasteiger partial charge < -0.3 is 5.32 Å². The summed E-state index contributed by atoms with van der Waals surface area (Å²) in [6.07, 6.45) is 5.64. The molecular weight excluding hydrogens is 204 g/mol. The number of amidine groups is 1. The Labute approximate surface area is 97.3 Å². The molecule has 1 aliphatic heterocycles. The van der Waals surface area contributed by atoms with Crippen molar-refractivity contribution in [3.63, 3.8) is 0 Å². The summed E-state index contributed by atoms with van der Waals surface area (Å²) < 4.78 is 0. The molecule has 2 fully saturated rings. The first kappa shape index (κ1) is 11.3. The van der Waals surface area contributed by atoms with Gasteiger partial charge in [0.15, 0.2) is 5.17 Å². The van der Waals surface area contributed by atoms with Crippen LogP contribution in [0.25, 0.3) is 0 Å². The fraction of sp³-hybridized carbons (Fsp3) is 0.917. The van der Waals surface area contributed by atoms with E-state index in [1.807, 2.05) is 11.8 Å². The third kappa shape index (κ3) is 3.13. The molecule has 1 unspecified atom stereocenters. The second-order valence-electron chi connectivity index (χ2n) is 5.10. The smallest absolute Gasteiger partial charge is 0.156 e. The number of rotatable bonds is 3.